The SMILES string of the molecule is CCC(CC(F)(F)F)C(C)=O. The molecule has 0 N–H and O–H groups in total. The molecule has 0 aliphatic rings. The van der Waals surface area contributed by atoms with Gasteiger partial charge in [0.05, 0.1) is 6.42 Å². The molecule has 0 spiro atoms. The van der Waals surface area contributed by atoms with E-state index in [4.69, 9.17) is 0 Å². The van der Waals surface area contributed by atoms with Crippen LogP contribution < -0.4 is 0 Å². The summed E-state index contributed by atoms with van der Waals surface area (Å²) in [5, 5.41) is 0. The van der Waals surface area contributed by atoms with E-state index in [-0.39, 0.29) is 12.2 Å². The Labute approximate surface area is 63.6 Å². The van der Waals surface area contributed by atoms with Crippen LogP contribution in [0.15, 0.2) is 0 Å². The maximum Gasteiger partial charge on any atom is 0.389 e. The average molecular weight is 168 g/mol. The van der Waals surface area contributed by atoms with Gasteiger partial charge >= 0.3 is 6.18 Å². The molecule has 0 aromatic heterocycles. The molecule has 0 rings (SSSR count). The fourth-order valence-electron chi connectivity index (χ4n) is 0.855. The van der Waals surface area contributed by atoms with Gasteiger partial charge in [-0.1, -0.05) is 6.92 Å². The van der Waals surface area contributed by atoms with Crippen molar-refractivity contribution in [1.29, 1.82) is 0 Å². The predicted octanol–water partition coefficient (Wildman–Crippen LogP) is 2.55. The van der Waals surface area contributed by atoms with E-state index in [0.29, 0.717) is 0 Å². The second-order valence-electron chi connectivity index (χ2n) is 2.54. The van der Waals surface area contributed by atoms with Crippen LogP contribution in [0.1, 0.15) is 26.7 Å². The number of Topliss-reactive ketones (excluding diaryl/α,β-unsaturated/α-hetero) is 1. The van der Waals surface area contributed by atoms with Gasteiger partial charge in [0.25, 0.3) is 0 Å². The lowest BCUT2D eigenvalue weighted by molar-refractivity contribution is -0.152. The van der Waals surface area contributed by atoms with E-state index in [0.717, 1.165) is 0 Å². The van der Waals surface area contributed by atoms with Gasteiger partial charge in [0, 0.05) is 5.92 Å². The quantitative estimate of drug-likeness (QED) is 0.632. The molecular formula is C7H11F3O. The number of ketones is 1. The van der Waals surface area contributed by atoms with Gasteiger partial charge in [0.2, 0.25) is 0 Å². The summed E-state index contributed by atoms with van der Waals surface area (Å²) in [5.41, 5.74) is 0. The maximum absolute atomic E-state index is 11.7. The van der Waals surface area contributed by atoms with E-state index in [1.165, 1.54) is 6.92 Å². The molecule has 0 heterocycles. The van der Waals surface area contributed by atoms with Crippen LogP contribution in [0, 0.1) is 5.92 Å². The molecule has 0 radical (unpaired) electrons. The molecule has 0 aromatic carbocycles. The summed E-state index contributed by atoms with van der Waals surface area (Å²) in [5.74, 6) is -1.24. The lowest BCUT2D eigenvalue weighted by atomic mass is 9.98. The molecule has 1 nitrogen and oxygen atoms in total. The van der Waals surface area contributed by atoms with E-state index in [1.807, 2.05) is 0 Å². The molecule has 0 amide bonds. The van der Waals surface area contributed by atoms with Gasteiger partial charge in [-0.05, 0) is 13.3 Å². The van der Waals surface area contributed by atoms with Crippen LogP contribution >= 0.6 is 0 Å². The number of carbonyl (C=O) groups is 1. The summed E-state index contributed by atoms with van der Waals surface area (Å²) in [4.78, 5) is 10.6. The second kappa shape index (κ2) is 3.74. The Morgan fingerprint density at radius 2 is 1.91 bits per heavy atom. The molecule has 1 atom stereocenters. The summed E-state index contributed by atoms with van der Waals surface area (Å²) in [6.07, 6.45) is -4.94. The molecule has 0 aliphatic carbocycles. The van der Waals surface area contributed by atoms with Crippen LogP contribution in [0.25, 0.3) is 0 Å². The first-order valence-electron chi connectivity index (χ1n) is 3.44. The number of hydrogen-bond acceptors (Lipinski definition) is 1. The monoisotopic (exact) mass is 168 g/mol. The molecule has 0 fully saturated rings. The topological polar surface area (TPSA) is 17.1 Å². The normalized spacial score (nSPS) is 14.6. The van der Waals surface area contributed by atoms with Gasteiger partial charge in [-0.2, -0.15) is 13.2 Å². The van der Waals surface area contributed by atoms with Gasteiger partial charge in [-0.3, -0.25) is 4.79 Å². The molecule has 11 heavy (non-hydrogen) atoms. The minimum atomic E-state index is -4.22. The number of hydrogen-bond donors (Lipinski definition) is 0. The smallest absolute Gasteiger partial charge is 0.300 e. The van der Waals surface area contributed by atoms with Gasteiger partial charge in [0.1, 0.15) is 5.78 Å². The number of alkyl halides is 3. The molecule has 1 unspecified atom stereocenters. The summed E-state index contributed by atoms with van der Waals surface area (Å²) in [7, 11) is 0. The van der Waals surface area contributed by atoms with E-state index in [2.05, 4.69) is 0 Å². The molecule has 0 aliphatic heterocycles. The Bertz CT molecular complexity index is 139. The third-order valence-corrected chi connectivity index (χ3v) is 1.55. The van der Waals surface area contributed by atoms with Crippen molar-refractivity contribution in [2.24, 2.45) is 5.92 Å². The van der Waals surface area contributed by atoms with Gasteiger partial charge in [-0.15, -0.1) is 0 Å². The maximum atomic E-state index is 11.7. The van der Waals surface area contributed by atoms with Crippen molar-refractivity contribution in [2.75, 3.05) is 0 Å². The highest BCUT2D eigenvalue weighted by atomic mass is 19.4. The predicted molar refractivity (Wildman–Crippen MR) is 35.1 cm³/mol. The lowest BCUT2D eigenvalue weighted by Crippen LogP contribution is -2.19. The minimum Gasteiger partial charge on any atom is -0.300 e. The Kier molecular flexibility index (Phi) is 3.55. The minimum absolute atomic E-state index is 0.259. The number of carbonyl (C=O) groups excluding carboxylic acids is 1. The first-order valence-corrected chi connectivity index (χ1v) is 3.44. The highest BCUT2D eigenvalue weighted by Gasteiger charge is 2.32. The molecule has 0 saturated carbocycles. The largest absolute Gasteiger partial charge is 0.389 e. The Morgan fingerprint density at radius 3 is 2.00 bits per heavy atom. The van der Waals surface area contributed by atoms with Crippen LogP contribution in [-0.2, 0) is 4.79 Å². The second-order valence-corrected chi connectivity index (χ2v) is 2.54. The van der Waals surface area contributed by atoms with E-state index < -0.39 is 18.5 Å². The molecule has 66 valence electrons. The van der Waals surface area contributed by atoms with E-state index in [9.17, 15) is 18.0 Å². The van der Waals surface area contributed by atoms with Crippen molar-refractivity contribution in [3.63, 3.8) is 0 Å². The number of halogens is 3. The van der Waals surface area contributed by atoms with Crippen LogP contribution in [0.3, 0.4) is 0 Å². The third kappa shape index (κ3) is 4.81. The zero-order chi connectivity index (χ0) is 9.07. The summed E-state index contributed by atoms with van der Waals surface area (Å²) < 4.78 is 35.1. The third-order valence-electron chi connectivity index (χ3n) is 1.55. The van der Waals surface area contributed by atoms with Gasteiger partial charge in [0.15, 0.2) is 0 Å². The van der Waals surface area contributed by atoms with Crippen molar-refractivity contribution in [3.05, 3.63) is 0 Å². The average Bonchev–Trinajstić information content (AvgIpc) is 1.80. The van der Waals surface area contributed by atoms with Crippen LogP contribution in [0.5, 0.6) is 0 Å². The fourth-order valence-corrected chi connectivity index (χ4v) is 0.855. The molecule has 0 saturated heterocycles. The summed E-state index contributed by atoms with van der Waals surface area (Å²) >= 11 is 0. The Hall–Kier alpha value is -0.540. The fraction of sp³-hybridized carbons (Fsp3) is 0.857. The van der Waals surface area contributed by atoms with E-state index in [1.54, 1.807) is 6.92 Å². The Balaban J connectivity index is 3.99. The zero-order valence-electron chi connectivity index (χ0n) is 6.53. The molecule has 4 heteroatoms. The molecule has 0 aromatic rings. The summed E-state index contributed by atoms with van der Waals surface area (Å²) in [6, 6.07) is 0. The van der Waals surface area contributed by atoms with Crippen LogP contribution in [-0.4, -0.2) is 12.0 Å². The van der Waals surface area contributed by atoms with Crippen molar-refractivity contribution in [2.45, 2.75) is 32.9 Å². The lowest BCUT2D eigenvalue weighted by Gasteiger charge is -2.12. The highest BCUT2D eigenvalue weighted by Crippen LogP contribution is 2.26. The van der Waals surface area contributed by atoms with Crippen molar-refractivity contribution >= 4 is 5.78 Å². The van der Waals surface area contributed by atoms with Crippen molar-refractivity contribution in [3.8, 4) is 0 Å². The van der Waals surface area contributed by atoms with Crippen molar-refractivity contribution < 1.29 is 18.0 Å². The first kappa shape index (κ1) is 10.5. The molecule has 0 bridgehead atoms. The molecular weight excluding hydrogens is 157 g/mol. The van der Waals surface area contributed by atoms with Crippen LogP contribution in [0.2, 0.25) is 0 Å². The van der Waals surface area contributed by atoms with Crippen molar-refractivity contribution in [1.82, 2.24) is 0 Å². The highest BCUT2D eigenvalue weighted by molar-refractivity contribution is 5.78. The standard InChI is InChI=1S/C7H11F3O/c1-3-6(5(2)11)4-7(8,9)10/h6H,3-4H2,1-2H3. The zero-order valence-corrected chi connectivity index (χ0v) is 6.53. The van der Waals surface area contributed by atoms with Gasteiger partial charge in [-0.25, -0.2) is 0 Å². The summed E-state index contributed by atoms with van der Waals surface area (Å²) in [6.45, 7) is 2.78. The number of rotatable bonds is 3. The van der Waals surface area contributed by atoms with Gasteiger partial charge < -0.3 is 0 Å². The van der Waals surface area contributed by atoms with E-state index >= 15 is 0 Å². The Morgan fingerprint density at radius 1 is 1.45 bits per heavy atom. The first-order chi connectivity index (χ1) is 4.87. The van der Waals surface area contributed by atoms with Crippen LogP contribution in [0.4, 0.5) is 13.2 Å².